The Bertz CT molecular complexity index is 513. The van der Waals surface area contributed by atoms with Crippen LogP contribution in [0.15, 0.2) is 24.3 Å². The van der Waals surface area contributed by atoms with Crippen LogP contribution < -0.4 is 4.90 Å². The number of carbonyl (C=O) groups is 1. The second kappa shape index (κ2) is 6.80. The monoisotopic (exact) mass is 293 g/mol. The van der Waals surface area contributed by atoms with Gasteiger partial charge in [0.05, 0.1) is 0 Å². The Morgan fingerprint density at radius 1 is 1.55 bits per heavy atom. The van der Waals surface area contributed by atoms with Crippen LogP contribution in [-0.4, -0.2) is 24.2 Å². The third-order valence-corrected chi connectivity index (χ3v) is 4.07. The lowest BCUT2D eigenvalue weighted by Gasteiger charge is -2.35. The van der Waals surface area contributed by atoms with Gasteiger partial charge in [0.1, 0.15) is 0 Å². The number of anilines is 1. The predicted octanol–water partition coefficient (Wildman–Crippen LogP) is 4.06. The minimum absolute atomic E-state index is 0.686. The fourth-order valence-corrected chi connectivity index (χ4v) is 2.88. The van der Waals surface area contributed by atoms with E-state index in [1.165, 1.54) is 25.3 Å². The standard InChI is InChI=1S/C16H20ClNO2/c1-2-12-4-3-9-18(11-12)15-10-14(17)7-5-13(15)6-8-16(19)20/h5-8,10,12H,2-4,9,11H2,1H3,(H,19,20)/b8-6+. The van der Waals surface area contributed by atoms with Crippen LogP contribution in [0.1, 0.15) is 31.7 Å². The van der Waals surface area contributed by atoms with Gasteiger partial charge in [-0.3, -0.25) is 0 Å². The van der Waals surface area contributed by atoms with E-state index in [9.17, 15) is 4.79 Å². The van der Waals surface area contributed by atoms with Gasteiger partial charge < -0.3 is 10.0 Å². The molecule has 2 rings (SSSR count). The highest BCUT2D eigenvalue weighted by molar-refractivity contribution is 6.31. The molecule has 1 N–H and O–H groups in total. The molecule has 1 saturated heterocycles. The van der Waals surface area contributed by atoms with Gasteiger partial charge in [-0.25, -0.2) is 4.79 Å². The molecule has 1 aromatic rings. The first-order valence-corrected chi connectivity index (χ1v) is 7.43. The first kappa shape index (κ1) is 14.9. The molecule has 0 radical (unpaired) electrons. The Labute approximate surface area is 124 Å². The molecular formula is C16H20ClNO2. The molecular weight excluding hydrogens is 274 g/mol. The smallest absolute Gasteiger partial charge is 0.328 e. The molecule has 1 unspecified atom stereocenters. The van der Waals surface area contributed by atoms with Crippen LogP contribution in [0.25, 0.3) is 6.08 Å². The summed E-state index contributed by atoms with van der Waals surface area (Å²) in [5, 5.41) is 9.47. The molecule has 4 heteroatoms. The van der Waals surface area contributed by atoms with E-state index in [1.807, 2.05) is 12.1 Å². The van der Waals surface area contributed by atoms with E-state index >= 15 is 0 Å². The molecule has 3 nitrogen and oxygen atoms in total. The molecule has 1 aliphatic heterocycles. The summed E-state index contributed by atoms with van der Waals surface area (Å²) < 4.78 is 0. The molecule has 0 saturated carbocycles. The summed E-state index contributed by atoms with van der Waals surface area (Å²) in [5.74, 6) is -0.227. The maximum atomic E-state index is 10.7. The fourth-order valence-electron chi connectivity index (χ4n) is 2.71. The number of halogens is 1. The van der Waals surface area contributed by atoms with Crippen LogP contribution in [0.2, 0.25) is 5.02 Å². The van der Waals surface area contributed by atoms with E-state index in [2.05, 4.69) is 11.8 Å². The highest BCUT2D eigenvalue weighted by atomic mass is 35.5. The van der Waals surface area contributed by atoms with Crippen LogP contribution in [0.5, 0.6) is 0 Å². The van der Waals surface area contributed by atoms with E-state index in [0.29, 0.717) is 10.9 Å². The Balaban J connectivity index is 2.28. The number of aliphatic carboxylic acids is 1. The summed E-state index contributed by atoms with van der Waals surface area (Å²) in [4.78, 5) is 13.0. The summed E-state index contributed by atoms with van der Waals surface area (Å²) >= 11 is 6.10. The summed E-state index contributed by atoms with van der Waals surface area (Å²) in [6.45, 7) is 4.24. The van der Waals surface area contributed by atoms with Crippen LogP contribution in [-0.2, 0) is 4.79 Å². The molecule has 1 atom stereocenters. The molecule has 0 bridgehead atoms. The topological polar surface area (TPSA) is 40.5 Å². The van der Waals surface area contributed by atoms with E-state index in [-0.39, 0.29) is 0 Å². The zero-order valence-corrected chi connectivity index (χ0v) is 12.4. The highest BCUT2D eigenvalue weighted by Crippen LogP contribution is 2.30. The average Bonchev–Trinajstić information content (AvgIpc) is 2.46. The Morgan fingerprint density at radius 3 is 3.05 bits per heavy atom. The van der Waals surface area contributed by atoms with Gasteiger partial charge in [0, 0.05) is 29.9 Å². The predicted molar refractivity (Wildman–Crippen MR) is 83.3 cm³/mol. The Kier molecular flexibility index (Phi) is 5.07. The molecule has 1 fully saturated rings. The third-order valence-electron chi connectivity index (χ3n) is 3.83. The molecule has 20 heavy (non-hydrogen) atoms. The minimum atomic E-state index is -0.934. The number of hydrogen-bond donors (Lipinski definition) is 1. The quantitative estimate of drug-likeness (QED) is 0.851. The van der Waals surface area contributed by atoms with Crippen molar-refractivity contribution in [3.05, 3.63) is 34.9 Å². The van der Waals surface area contributed by atoms with Gasteiger partial charge in [0.15, 0.2) is 0 Å². The van der Waals surface area contributed by atoms with Gasteiger partial charge in [-0.2, -0.15) is 0 Å². The number of benzene rings is 1. The number of hydrogen-bond acceptors (Lipinski definition) is 2. The second-order valence-corrected chi connectivity index (χ2v) is 5.67. The van der Waals surface area contributed by atoms with Crippen molar-refractivity contribution in [2.24, 2.45) is 5.92 Å². The number of nitrogens with zero attached hydrogens (tertiary/aromatic N) is 1. The van der Waals surface area contributed by atoms with Gasteiger partial charge in [0.25, 0.3) is 0 Å². The lowest BCUT2D eigenvalue weighted by molar-refractivity contribution is -0.131. The molecule has 0 amide bonds. The number of carboxylic acids is 1. The number of piperidine rings is 1. The van der Waals surface area contributed by atoms with Crippen molar-refractivity contribution in [3.63, 3.8) is 0 Å². The first-order chi connectivity index (χ1) is 9.60. The molecule has 1 aliphatic rings. The summed E-state index contributed by atoms with van der Waals surface area (Å²) in [6, 6.07) is 5.61. The van der Waals surface area contributed by atoms with Crippen LogP contribution in [0, 0.1) is 5.92 Å². The van der Waals surface area contributed by atoms with Crippen molar-refractivity contribution >= 4 is 29.3 Å². The third kappa shape index (κ3) is 3.76. The summed E-state index contributed by atoms with van der Waals surface area (Å²) in [5.41, 5.74) is 1.95. The van der Waals surface area contributed by atoms with Crippen molar-refractivity contribution in [2.75, 3.05) is 18.0 Å². The van der Waals surface area contributed by atoms with Crippen molar-refractivity contribution in [3.8, 4) is 0 Å². The Hall–Kier alpha value is -1.48. The van der Waals surface area contributed by atoms with Crippen LogP contribution >= 0.6 is 11.6 Å². The summed E-state index contributed by atoms with van der Waals surface area (Å²) in [7, 11) is 0. The van der Waals surface area contributed by atoms with Gasteiger partial charge in [0.2, 0.25) is 0 Å². The zero-order chi connectivity index (χ0) is 14.5. The molecule has 108 valence electrons. The van der Waals surface area contributed by atoms with E-state index in [0.717, 1.165) is 24.3 Å². The molecule has 0 aromatic heterocycles. The molecule has 0 aliphatic carbocycles. The zero-order valence-electron chi connectivity index (χ0n) is 11.7. The highest BCUT2D eigenvalue weighted by Gasteiger charge is 2.20. The van der Waals surface area contributed by atoms with E-state index < -0.39 is 5.97 Å². The van der Waals surface area contributed by atoms with Crippen LogP contribution in [0.3, 0.4) is 0 Å². The normalized spacial score (nSPS) is 19.5. The fraction of sp³-hybridized carbons (Fsp3) is 0.438. The van der Waals surface area contributed by atoms with Crippen molar-refractivity contribution in [1.29, 1.82) is 0 Å². The van der Waals surface area contributed by atoms with E-state index in [1.54, 1.807) is 12.1 Å². The number of rotatable bonds is 4. The molecule has 1 aromatic carbocycles. The van der Waals surface area contributed by atoms with Crippen molar-refractivity contribution in [1.82, 2.24) is 0 Å². The second-order valence-electron chi connectivity index (χ2n) is 5.24. The Morgan fingerprint density at radius 2 is 2.35 bits per heavy atom. The SMILES string of the molecule is CCC1CCCN(c2cc(Cl)ccc2/C=C/C(=O)O)C1. The van der Waals surface area contributed by atoms with E-state index in [4.69, 9.17) is 16.7 Å². The molecule has 1 heterocycles. The molecule has 0 spiro atoms. The maximum absolute atomic E-state index is 10.7. The lowest BCUT2D eigenvalue weighted by Crippen LogP contribution is -2.35. The average molecular weight is 294 g/mol. The maximum Gasteiger partial charge on any atom is 0.328 e. The van der Waals surface area contributed by atoms with Gasteiger partial charge >= 0.3 is 5.97 Å². The van der Waals surface area contributed by atoms with Gasteiger partial charge in [-0.15, -0.1) is 0 Å². The lowest BCUT2D eigenvalue weighted by atomic mass is 9.94. The van der Waals surface area contributed by atoms with Gasteiger partial charge in [-0.1, -0.05) is 31.0 Å². The first-order valence-electron chi connectivity index (χ1n) is 7.05. The van der Waals surface area contributed by atoms with Crippen LogP contribution in [0.4, 0.5) is 5.69 Å². The number of carboxylic acid groups (broad SMARTS) is 1. The van der Waals surface area contributed by atoms with Crippen molar-refractivity contribution < 1.29 is 9.90 Å². The summed E-state index contributed by atoms with van der Waals surface area (Å²) in [6.07, 6.45) is 6.44. The van der Waals surface area contributed by atoms with Crippen molar-refractivity contribution in [2.45, 2.75) is 26.2 Å². The largest absolute Gasteiger partial charge is 0.478 e. The minimum Gasteiger partial charge on any atom is -0.478 e. The van der Waals surface area contributed by atoms with Gasteiger partial charge in [-0.05, 0) is 42.5 Å².